The maximum Gasteiger partial charge on any atom is 0.283 e. The van der Waals surface area contributed by atoms with E-state index in [4.69, 9.17) is 0 Å². The molecule has 0 saturated heterocycles. The molecular weight excluding hydrogens is 576 g/mol. The van der Waals surface area contributed by atoms with E-state index in [1.807, 2.05) is 18.2 Å². The van der Waals surface area contributed by atoms with Crippen molar-refractivity contribution in [2.24, 2.45) is 24.8 Å². The molecule has 0 bridgehead atoms. The normalized spacial score (nSPS) is 17.3. The lowest BCUT2D eigenvalue weighted by atomic mass is 9.82. The molecule has 2 aromatic rings. The average Bonchev–Trinajstić information content (AvgIpc) is 3.46. The molecule has 1 atom stereocenters. The van der Waals surface area contributed by atoms with Gasteiger partial charge in [0.25, 0.3) is 15.9 Å². The number of imidazole rings is 1. The van der Waals surface area contributed by atoms with Crippen molar-refractivity contribution in [3.63, 3.8) is 0 Å². The maximum atomic E-state index is 13.7. The highest BCUT2D eigenvalue weighted by Crippen LogP contribution is 2.31. The molecule has 0 spiro atoms. The number of aromatic nitrogens is 2. The number of sulfonamides is 1. The van der Waals surface area contributed by atoms with Crippen LogP contribution in [0.1, 0.15) is 101 Å². The van der Waals surface area contributed by atoms with Gasteiger partial charge in [-0.25, -0.2) is 9.71 Å². The Hall–Kier alpha value is -3.08. The summed E-state index contributed by atoms with van der Waals surface area (Å²) in [6.45, 7) is 6.24. The molecule has 1 unspecified atom stereocenters. The number of hydrogen-bond donors (Lipinski definition) is 3. The van der Waals surface area contributed by atoms with Gasteiger partial charge in [-0.2, -0.15) is 8.42 Å². The summed E-state index contributed by atoms with van der Waals surface area (Å²) in [7, 11) is -0.338. The van der Waals surface area contributed by atoms with Crippen molar-refractivity contribution in [1.29, 1.82) is 0 Å². The topological polar surface area (TPSA) is 125 Å². The van der Waals surface area contributed by atoms with Crippen LogP contribution in [0.4, 0.5) is 11.4 Å². The molecule has 11 heteroatoms. The zero-order valence-electron chi connectivity index (χ0n) is 27.0. The lowest BCUT2D eigenvalue weighted by Gasteiger charge is -2.31. The Morgan fingerprint density at radius 1 is 1.05 bits per heavy atom. The van der Waals surface area contributed by atoms with Gasteiger partial charge in [0.15, 0.2) is 5.03 Å². The first-order chi connectivity index (χ1) is 21.0. The summed E-state index contributed by atoms with van der Waals surface area (Å²) in [6.07, 6.45) is 14.9. The Kier molecular flexibility index (Phi) is 12.1. The van der Waals surface area contributed by atoms with Crippen molar-refractivity contribution in [2.75, 3.05) is 30.4 Å². The first-order valence-corrected chi connectivity index (χ1v) is 17.9. The molecule has 1 aromatic heterocycles. The standard InChI is InChI=1S/C33H52N6O4S/c1-24(2)17-18-39(4)30-16-15-27(19-29(30)34-21-25-11-7-5-8-12-25)33(41)36-28(26-13-9-6-10-14-26)20-31(40)37-44(42,43)32-22-38(3)23-35-32/h15-16,19,22-26,28,34H,5-14,17-18,20-21H2,1-4H3,(H,36,41)(H,37,40). The molecule has 244 valence electrons. The van der Waals surface area contributed by atoms with Crippen molar-refractivity contribution in [1.82, 2.24) is 19.6 Å². The molecule has 0 radical (unpaired) electrons. The number of carbonyl (C=O) groups excluding carboxylic acids is 2. The quantitative estimate of drug-likeness (QED) is 0.253. The number of nitrogens with zero attached hydrogens (tertiary/aromatic N) is 3. The Labute approximate surface area is 263 Å². The predicted molar refractivity (Wildman–Crippen MR) is 175 cm³/mol. The second kappa shape index (κ2) is 15.8. The summed E-state index contributed by atoms with van der Waals surface area (Å²) >= 11 is 0. The van der Waals surface area contributed by atoms with Crippen molar-refractivity contribution >= 4 is 33.2 Å². The van der Waals surface area contributed by atoms with E-state index in [-0.39, 0.29) is 23.3 Å². The molecule has 3 N–H and O–H groups in total. The molecule has 2 aliphatic rings. The van der Waals surface area contributed by atoms with Gasteiger partial charge in [-0.15, -0.1) is 0 Å². The summed E-state index contributed by atoms with van der Waals surface area (Å²) < 4.78 is 29.1. The highest BCUT2D eigenvalue weighted by Gasteiger charge is 2.30. The second-order valence-corrected chi connectivity index (χ2v) is 14.9. The SMILES string of the molecule is CC(C)CCN(C)c1ccc(C(=O)NC(CC(=O)NS(=O)(=O)c2cn(C)cn2)C2CCCCC2)cc1NCC1CCCCC1. The number of carbonyl (C=O) groups is 2. The summed E-state index contributed by atoms with van der Waals surface area (Å²) in [5, 5.41) is 6.60. The molecule has 44 heavy (non-hydrogen) atoms. The number of rotatable bonds is 14. The van der Waals surface area contributed by atoms with Crippen molar-refractivity contribution in [3.8, 4) is 0 Å². The maximum absolute atomic E-state index is 13.7. The van der Waals surface area contributed by atoms with Crippen LogP contribution in [-0.2, 0) is 21.9 Å². The molecular formula is C33H52N6O4S. The third-order valence-electron chi connectivity index (χ3n) is 9.16. The molecule has 2 fully saturated rings. The predicted octanol–water partition coefficient (Wildman–Crippen LogP) is 5.47. The van der Waals surface area contributed by atoms with Gasteiger partial charge in [0, 0.05) is 51.4 Å². The number of benzene rings is 1. The summed E-state index contributed by atoms with van der Waals surface area (Å²) in [6, 6.07) is 5.32. The van der Waals surface area contributed by atoms with Gasteiger partial charge < -0.3 is 20.1 Å². The Balaban J connectivity index is 1.50. The van der Waals surface area contributed by atoms with Gasteiger partial charge in [0.05, 0.1) is 17.7 Å². The zero-order valence-corrected chi connectivity index (χ0v) is 27.8. The van der Waals surface area contributed by atoms with E-state index in [0.29, 0.717) is 17.4 Å². The van der Waals surface area contributed by atoms with Gasteiger partial charge >= 0.3 is 0 Å². The zero-order chi connectivity index (χ0) is 31.7. The first-order valence-electron chi connectivity index (χ1n) is 16.5. The largest absolute Gasteiger partial charge is 0.383 e. The van der Waals surface area contributed by atoms with E-state index in [1.54, 1.807) is 7.05 Å². The number of hydrogen-bond acceptors (Lipinski definition) is 7. The van der Waals surface area contributed by atoms with E-state index in [0.717, 1.165) is 63.0 Å². The van der Waals surface area contributed by atoms with Crippen LogP contribution in [0.2, 0.25) is 0 Å². The van der Waals surface area contributed by atoms with Crippen LogP contribution in [-0.4, -0.2) is 56.0 Å². The minimum atomic E-state index is -4.10. The summed E-state index contributed by atoms with van der Waals surface area (Å²) in [5.41, 5.74) is 2.54. The molecule has 2 aliphatic carbocycles. The fourth-order valence-corrected chi connectivity index (χ4v) is 7.44. The average molecular weight is 629 g/mol. The third-order valence-corrected chi connectivity index (χ3v) is 10.4. The second-order valence-electron chi connectivity index (χ2n) is 13.3. The lowest BCUT2D eigenvalue weighted by molar-refractivity contribution is -0.120. The van der Waals surface area contributed by atoms with Crippen molar-refractivity contribution < 1.29 is 18.0 Å². The van der Waals surface area contributed by atoms with Crippen LogP contribution in [0.15, 0.2) is 35.7 Å². The Morgan fingerprint density at radius 3 is 2.36 bits per heavy atom. The highest BCUT2D eigenvalue weighted by molar-refractivity contribution is 7.90. The van der Waals surface area contributed by atoms with Crippen LogP contribution in [0.25, 0.3) is 0 Å². The number of amides is 2. The monoisotopic (exact) mass is 628 g/mol. The van der Waals surface area contributed by atoms with Crippen LogP contribution >= 0.6 is 0 Å². The summed E-state index contributed by atoms with van der Waals surface area (Å²) in [5.74, 6) is 0.420. The molecule has 1 aromatic carbocycles. The van der Waals surface area contributed by atoms with Crippen LogP contribution in [0.3, 0.4) is 0 Å². The fraction of sp³-hybridized carbons (Fsp3) is 0.667. The van der Waals surface area contributed by atoms with E-state index in [9.17, 15) is 18.0 Å². The number of aryl methyl sites for hydroxylation is 1. The molecule has 0 aliphatic heterocycles. The van der Waals surface area contributed by atoms with E-state index >= 15 is 0 Å². The van der Waals surface area contributed by atoms with Gasteiger partial charge in [0.2, 0.25) is 5.91 Å². The smallest absolute Gasteiger partial charge is 0.283 e. The third kappa shape index (κ3) is 9.71. The Bertz CT molecular complexity index is 1350. The van der Waals surface area contributed by atoms with Crippen LogP contribution in [0.5, 0.6) is 0 Å². The summed E-state index contributed by atoms with van der Waals surface area (Å²) in [4.78, 5) is 32.9. The van der Waals surface area contributed by atoms with Crippen molar-refractivity contribution in [3.05, 3.63) is 36.3 Å². The van der Waals surface area contributed by atoms with Gasteiger partial charge in [-0.3, -0.25) is 9.59 Å². The van der Waals surface area contributed by atoms with Gasteiger partial charge in [0.1, 0.15) is 0 Å². The molecule has 1 heterocycles. The molecule has 2 amide bonds. The van der Waals surface area contributed by atoms with Crippen molar-refractivity contribution in [2.45, 2.75) is 102 Å². The molecule has 10 nitrogen and oxygen atoms in total. The molecule has 4 rings (SSSR count). The van der Waals surface area contributed by atoms with Gasteiger partial charge in [-0.05, 0) is 68.1 Å². The molecule has 2 saturated carbocycles. The minimum absolute atomic E-state index is 0.0985. The van der Waals surface area contributed by atoms with Crippen LogP contribution < -0.4 is 20.3 Å². The minimum Gasteiger partial charge on any atom is -0.383 e. The fourth-order valence-electron chi connectivity index (χ4n) is 6.46. The highest BCUT2D eigenvalue weighted by atomic mass is 32.2. The van der Waals surface area contributed by atoms with E-state index in [2.05, 4.69) is 46.1 Å². The Morgan fingerprint density at radius 2 is 1.73 bits per heavy atom. The number of anilines is 2. The van der Waals surface area contributed by atoms with Crippen LogP contribution in [0, 0.1) is 17.8 Å². The van der Waals surface area contributed by atoms with E-state index in [1.165, 1.54) is 49.2 Å². The first kappa shape index (κ1) is 33.8. The lowest BCUT2D eigenvalue weighted by Crippen LogP contribution is -2.45. The number of nitrogens with one attached hydrogen (secondary N) is 3. The van der Waals surface area contributed by atoms with E-state index < -0.39 is 22.0 Å². The van der Waals surface area contributed by atoms with Gasteiger partial charge in [-0.1, -0.05) is 52.4 Å².